The third-order valence-corrected chi connectivity index (χ3v) is 8.41. The normalized spacial score (nSPS) is 13.6. The van der Waals surface area contributed by atoms with Crippen molar-refractivity contribution in [3.8, 4) is 5.75 Å². The van der Waals surface area contributed by atoms with Crippen LogP contribution in [-0.2, 0) is 16.0 Å². The molecule has 0 bridgehead atoms. The largest absolute Gasteiger partial charge is 0.496 e. The van der Waals surface area contributed by atoms with Crippen LogP contribution in [0.3, 0.4) is 0 Å². The molecular formula is C31H22BrIN2O3S. The molecule has 5 nitrogen and oxygen atoms in total. The van der Waals surface area contributed by atoms with E-state index in [-0.39, 0.29) is 10.7 Å². The molecule has 1 fully saturated rings. The average molecular weight is 709 g/mol. The second-order valence-electron chi connectivity index (χ2n) is 8.74. The van der Waals surface area contributed by atoms with Gasteiger partial charge in [0.1, 0.15) is 11.3 Å². The number of anilines is 2. The Balaban J connectivity index is 1.60. The van der Waals surface area contributed by atoms with Gasteiger partial charge in [-0.15, -0.1) is 0 Å². The minimum absolute atomic E-state index is 0.00714. The highest BCUT2D eigenvalue weighted by atomic mass is 127. The van der Waals surface area contributed by atoms with Gasteiger partial charge in [-0.2, -0.15) is 0 Å². The molecule has 0 N–H and O–H groups in total. The number of rotatable bonds is 6. The highest BCUT2D eigenvalue weighted by molar-refractivity contribution is 14.1. The minimum atomic E-state index is -0.477. The van der Waals surface area contributed by atoms with Crippen LogP contribution >= 0.6 is 50.7 Å². The fraction of sp³-hybridized carbons (Fsp3) is 0.0645. The minimum Gasteiger partial charge on any atom is -0.496 e. The molecule has 4 aromatic carbocycles. The van der Waals surface area contributed by atoms with Crippen molar-refractivity contribution >= 4 is 85.1 Å². The summed E-state index contributed by atoms with van der Waals surface area (Å²) in [5.74, 6) is -0.278. The predicted molar refractivity (Wildman–Crippen MR) is 171 cm³/mol. The summed E-state index contributed by atoms with van der Waals surface area (Å²) in [7, 11) is 1.62. The Morgan fingerprint density at radius 3 is 1.92 bits per heavy atom. The van der Waals surface area contributed by atoms with Crippen LogP contribution in [0.1, 0.15) is 16.7 Å². The van der Waals surface area contributed by atoms with Crippen LogP contribution in [0.4, 0.5) is 11.4 Å². The van der Waals surface area contributed by atoms with Gasteiger partial charge in [-0.3, -0.25) is 19.4 Å². The summed E-state index contributed by atoms with van der Waals surface area (Å²) in [4.78, 5) is 30.4. The maximum Gasteiger partial charge on any atom is 0.270 e. The quantitative estimate of drug-likeness (QED) is 0.0907. The number of hydrogen-bond donors (Lipinski definition) is 0. The number of ether oxygens (including phenoxy) is 1. The Hall–Kier alpha value is -3.34. The van der Waals surface area contributed by atoms with Crippen LogP contribution in [0.5, 0.6) is 5.75 Å². The van der Waals surface area contributed by atoms with Crippen molar-refractivity contribution in [3.05, 3.63) is 127 Å². The average Bonchev–Trinajstić information content (AvgIpc) is 2.94. The van der Waals surface area contributed by atoms with Gasteiger partial charge >= 0.3 is 0 Å². The highest BCUT2D eigenvalue weighted by Gasteiger charge is 2.41. The van der Waals surface area contributed by atoms with Crippen molar-refractivity contribution in [2.24, 2.45) is 0 Å². The number of thiocarbonyl (C=S) groups is 1. The van der Waals surface area contributed by atoms with E-state index >= 15 is 0 Å². The third-order valence-electron chi connectivity index (χ3n) is 6.31. The summed E-state index contributed by atoms with van der Waals surface area (Å²) in [5.41, 5.74) is 4.00. The molecule has 0 atom stereocenters. The molecule has 194 valence electrons. The monoisotopic (exact) mass is 708 g/mol. The van der Waals surface area contributed by atoms with E-state index in [0.29, 0.717) is 29.1 Å². The molecule has 0 aromatic heterocycles. The van der Waals surface area contributed by atoms with Crippen LogP contribution in [0.25, 0.3) is 6.08 Å². The van der Waals surface area contributed by atoms with Gasteiger partial charge in [0.2, 0.25) is 0 Å². The summed E-state index contributed by atoms with van der Waals surface area (Å²) < 4.78 is 7.74. The Morgan fingerprint density at radius 1 is 0.846 bits per heavy atom. The van der Waals surface area contributed by atoms with E-state index in [2.05, 4.69) is 44.6 Å². The lowest BCUT2D eigenvalue weighted by Crippen LogP contribution is -2.56. The van der Waals surface area contributed by atoms with Crippen molar-refractivity contribution in [2.75, 3.05) is 16.9 Å². The molecule has 0 aliphatic carbocycles. The number of benzene rings is 4. The first-order valence-corrected chi connectivity index (χ1v) is 14.3. The zero-order valence-electron chi connectivity index (χ0n) is 20.8. The first-order valence-electron chi connectivity index (χ1n) is 12.0. The standard InChI is InChI=1S/C31H22BrIN2O3S/c1-38-28-18-20(17-27(33)24(28)19-21-10-8-9-15-26(21)32)16-25-29(36)34(22-11-4-2-5-12-22)31(39)35(30(25)37)23-13-6-3-7-14-23/h2-18H,19H2,1H3. The van der Waals surface area contributed by atoms with E-state index < -0.39 is 11.8 Å². The SMILES string of the molecule is COc1cc(C=C2C(=O)N(c3ccccc3)C(=S)N(c3ccccc3)C2=O)cc(I)c1Cc1ccccc1Br. The lowest BCUT2D eigenvalue weighted by molar-refractivity contribution is -0.120. The molecule has 0 saturated carbocycles. The van der Waals surface area contributed by atoms with Crippen LogP contribution in [0.2, 0.25) is 0 Å². The number of halogens is 2. The van der Waals surface area contributed by atoms with Crippen LogP contribution in [-0.4, -0.2) is 24.0 Å². The lowest BCUT2D eigenvalue weighted by Gasteiger charge is -2.36. The number of nitrogens with zero attached hydrogens (tertiary/aromatic N) is 2. The van der Waals surface area contributed by atoms with Crippen molar-refractivity contribution in [2.45, 2.75) is 6.42 Å². The van der Waals surface area contributed by atoms with Gasteiger partial charge in [0.25, 0.3) is 11.8 Å². The lowest BCUT2D eigenvalue weighted by atomic mass is 10.00. The molecular weight excluding hydrogens is 687 g/mol. The van der Waals surface area contributed by atoms with Crippen molar-refractivity contribution in [1.29, 1.82) is 0 Å². The smallest absolute Gasteiger partial charge is 0.270 e. The molecule has 1 heterocycles. The van der Waals surface area contributed by atoms with E-state index in [1.165, 1.54) is 9.80 Å². The molecule has 1 aliphatic heterocycles. The number of methoxy groups -OCH3 is 1. The number of carbonyl (C=O) groups excluding carboxylic acids is 2. The Morgan fingerprint density at radius 2 is 1.38 bits per heavy atom. The van der Waals surface area contributed by atoms with E-state index in [9.17, 15) is 9.59 Å². The Labute approximate surface area is 254 Å². The summed E-state index contributed by atoms with van der Waals surface area (Å²) in [5, 5.41) is 0.107. The van der Waals surface area contributed by atoms with Crippen molar-refractivity contribution in [3.63, 3.8) is 0 Å². The molecule has 5 rings (SSSR count). The zero-order valence-corrected chi connectivity index (χ0v) is 25.4. The predicted octanol–water partition coefficient (Wildman–Crippen LogP) is 7.40. The molecule has 1 saturated heterocycles. The van der Waals surface area contributed by atoms with Gasteiger partial charge in [0.05, 0.1) is 18.5 Å². The maximum absolute atomic E-state index is 13.8. The van der Waals surface area contributed by atoms with Gasteiger partial charge < -0.3 is 4.74 Å². The van der Waals surface area contributed by atoms with Crippen LogP contribution in [0.15, 0.2) is 107 Å². The van der Waals surface area contributed by atoms with Gasteiger partial charge in [-0.25, -0.2) is 0 Å². The molecule has 4 aromatic rings. The first-order chi connectivity index (χ1) is 18.9. The van der Waals surface area contributed by atoms with Crippen LogP contribution in [0, 0.1) is 3.57 Å². The van der Waals surface area contributed by atoms with E-state index in [4.69, 9.17) is 17.0 Å². The van der Waals surface area contributed by atoms with Crippen molar-refractivity contribution in [1.82, 2.24) is 0 Å². The summed E-state index contributed by atoms with van der Waals surface area (Å²) in [6, 6.07) is 30.1. The second-order valence-corrected chi connectivity index (χ2v) is 11.1. The van der Waals surface area contributed by atoms with Gasteiger partial charge in [-0.05, 0) is 94.5 Å². The number of carbonyl (C=O) groups is 2. The molecule has 0 radical (unpaired) electrons. The van der Waals surface area contributed by atoms with Gasteiger partial charge in [-0.1, -0.05) is 70.5 Å². The van der Waals surface area contributed by atoms with Gasteiger partial charge in [0, 0.05) is 20.0 Å². The van der Waals surface area contributed by atoms with E-state index in [1.807, 2.05) is 66.7 Å². The Kier molecular flexibility index (Phi) is 8.25. The molecule has 2 amide bonds. The van der Waals surface area contributed by atoms with E-state index in [1.54, 1.807) is 37.5 Å². The van der Waals surface area contributed by atoms with Gasteiger partial charge in [0.15, 0.2) is 5.11 Å². The molecule has 0 unspecified atom stereocenters. The number of amides is 2. The topological polar surface area (TPSA) is 49.9 Å². The number of para-hydroxylation sites is 2. The van der Waals surface area contributed by atoms with E-state index in [0.717, 1.165) is 19.2 Å². The second kappa shape index (κ2) is 11.8. The fourth-order valence-electron chi connectivity index (χ4n) is 4.41. The Bertz CT molecular complexity index is 1550. The van der Waals surface area contributed by atoms with Crippen LogP contribution < -0.4 is 14.5 Å². The fourth-order valence-corrected chi connectivity index (χ4v) is 6.02. The molecule has 8 heteroatoms. The molecule has 1 aliphatic rings. The summed E-state index contributed by atoms with van der Waals surface area (Å²) in [6.45, 7) is 0. The highest BCUT2D eigenvalue weighted by Crippen LogP contribution is 2.33. The summed E-state index contributed by atoms with van der Waals surface area (Å²) >= 11 is 11.6. The summed E-state index contributed by atoms with van der Waals surface area (Å²) in [6.07, 6.45) is 2.28. The van der Waals surface area contributed by atoms with Crippen molar-refractivity contribution < 1.29 is 14.3 Å². The molecule has 39 heavy (non-hydrogen) atoms. The maximum atomic E-state index is 13.8. The third kappa shape index (κ3) is 5.54. The molecule has 0 spiro atoms. The first kappa shape index (κ1) is 27.2. The zero-order chi connectivity index (χ0) is 27.5. The number of hydrogen-bond acceptors (Lipinski definition) is 4.